The number of para-hydroxylation sites is 2. The number of hydrogen-bond acceptors (Lipinski definition) is 0. The van der Waals surface area contributed by atoms with E-state index in [1.54, 1.807) is 0 Å². The molecule has 0 aliphatic rings. The second-order valence-electron chi connectivity index (χ2n) is 12.2. The first-order chi connectivity index (χ1) is 22.8. The Hall–Kier alpha value is -6.12. The number of nitrogens with zero attached hydrogens (tertiary/aromatic N) is 2. The third kappa shape index (κ3) is 3.59. The molecular weight excluding hydrogens is 556 g/mol. The standard InChI is InChI=1S/C44H28N2/c1-2-16-32(17-3-1)45-41-23-9-8-21-37(41)39-27-43-40(28-42(39)45)38-25-24-30-13-5-7-20-36(30)44(38)46(43)33-18-10-15-31(26-33)35-22-11-14-29-12-4-6-19-34(29)35/h1-28H. The van der Waals surface area contributed by atoms with Crippen molar-refractivity contribution in [1.29, 1.82) is 0 Å². The van der Waals surface area contributed by atoms with Crippen LogP contribution in [0.3, 0.4) is 0 Å². The van der Waals surface area contributed by atoms with Crippen LogP contribution in [-0.4, -0.2) is 9.13 Å². The highest BCUT2D eigenvalue weighted by Gasteiger charge is 2.20. The van der Waals surface area contributed by atoms with E-state index >= 15 is 0 Å². The average Bonchev–Trinajstić information content (AvgIpc) is 3.63. The molecule has 0 radical (unpaired) electrons. The minimum Gasteiger partial charge on any atom is -0.309 e. The first-order valence-corrected chi connectivity index (χ1v) is 15.9. The van der Waals surface area contributed by atoms with Gasteiger partial charge in [-0.15, -0.1) is 0 Å². The Kier molecular flexibility index (Phi) is 5.31. The first-order valence-electron chi connectivity index (χ1n) is 15.9. The van der Waals surface area contributed by atoms with Gasteiger partial charge in [0.1, 0.15) is 0 Å². The van der Waals surface area contributed by atoms with E-state index < -0.39 is 0 Å². The predicted octanol–water partition coefficient (Wildman–Crippen LogP) is 11.9. The lowest BCUT2D eigenvalue weighted by atomic mass is 9.98. The topological polar surface area (TPSA) is 9.86 Å². The highest BCUT2D eigenvalue weighted by Crippen LogP contribution is 2.42. The summed E-state index contributed by atoms with van der Waals surface area (Å²) in [5, 5.41) is 10.1. The number of rotatable bonds is 3. The van der Waals surface area contributed by atoms with Gasteiger partial charge in [0.2, 0.25) is 0 Å². The summed E-state index contributed by atoms with van der Waals surface area (Å²) in [7, 11) is 0. The van der Waals surface area contributed by atoms with E-state index in [2.05, 4.69) is 179 Å². The number of hydrogen-bond donors (Lipinski definition) is 0. The van der Waals surface area contributed by atoms with Gasteiger partial charge in [-0.25, -0.2) is 0 Å². The van der Waals surface area contributed by atoms with Gasteiger partial charge in [-0.2, -0.15) is 0 Å². The molecule has 2 nitrogen and oxygen atoms in total. The van der Waals surface area contributed by atoms with Crippen molar-refractivity contribution in [3.8, 4) is 22.5 Å². The van der Waals surface area contributed by atoms with Crippen molar-refractivity contribution in [1.82, 2.24) is 9.13 Å². The average molecular weight is 585 g/mol. The Balaban J connectivity index is 1.34. The highest BCUT2D eigenvalue weighted by atomic mass is 15.0. The van der Waals surface area contributed by atoms with Gasteiger partial charge < -0.3 is 9.13 Å². The lowest BCUT2D eigenvalue weighted by Gasteiger charge is -2.13. The lowest BCUT2D eigenvalue weighted by Crippen LogP contribution is -1.96. The molecule has 10 aromatic rings. The normalized spacial score (nSPS) is 11.9. The highest BCUT2D eigenvalue weighted by molar-refractivity contribution is 6.23. The van der Waals surface area contributed by atoms with Gasteiger partial charge in [-0.1, -0.05) is 127 Å². The van der Waals surface area contributed by atoms with Crippen molar-refractivity contribution in [3.05, 3.63) is 170 Å². The van der Waals surface area contributed by atoms with E-state index in [1.165, 1.54) is 82.0 Å². The molecule has 0 aliphatic carbocycles. The summed E-state index contributed by atoms with van der Waals surface area (Å²) in [6, 6.07) is 62.0. The maximum Gasteiger partial charge on any atom is 0.0619 e. The summed E-state index contributed by atoms with van der Waals surface area (Å²) in [4.78, 5) is 0. The number of benzene rings is 8. The summed E-state index contributed by atoms with van der Waals surface area (Å²) in [5.74, 6) is 0. The van der Waals surface area contributed by atoms with Gasteiger partial charge in [0.15, 0.2) is 0 Å². The van der Waals surface area contributed by atoms with Crippen molar-refractivity contribution in [3.63, 3.8) is 0 Å². The van der Waals surface area contributed by atoms with Crippen LogP contribution in [0.15, 0.2) is 170 Å². The minimum atomic E-state index is 1.16. The first kappa shape index (κ1) is 25.2. The second kappa shape index (κ2) is 9.69. The van der Waals surface area contributed by atoms with Crippen LogP contribution in [0.1, 0.15) is 0 Å². The SMILES string of the molecule is c1ccc(-n2c3ccccc3c3cc4c(cc32)c2ccc3ccccc3c2n4-c2cccc(-c3cccc4ccccc34)c2)cc1. The monoisotopic (exact) mass is 584 g/mol. The van der Waals surface area contributed by atoms with Crippen LogP contribution in [0.5, 0.6) is 0 Å². The van der Waals surface area contributed by atoms with E-state index in [4.69, 9.17) is 0 Å². The Morgan fingerprint density at radius 3 is 1.76 bits per heavy atom. The summed E-state index contributed by atoms with van der Waals surface area (Å²) in [6.45, 7) is 0. The maximum atomic E-state index is 2.50. The van der Waals surface area contributed by atoms with E-state index in [9.17, 15) is 0 Å². The van der Waals surface area contributed by atoms with Gasteiger partial charge in [0.25, 0.3) is 0 Å². The summed E-state index contributed by atoms with van der Waals surface area (Å²) < 4.78 is 4.91. The summed E-state index contributed by atoms with van der Waals surface area (Å²) in [5.41, 5.74) is 9.69. The fraction of sp³-hybridized carbons (Fsp3) is 0. The van der Waals surface area contributed by atoms with E-state index in [0.29, 0.717) is 0 Å². The van der Waals surface area contributed by atoms with Gasteiger partial charge in [-0.3, -0.25) is 0 Å². The molecule has 214 valence electrons. The quantitative estimate of drug-likeness (QED) is 0.195. The molecule has 8 aromatic carbocycles. The summed E-state index contributed by atoms with van der Waals surface area (Å²) >= 11 is 0. The molecule has 10 rings (SSSR count). The van der Waals surface area contributed by atoms with Gasteiger partial charge >= 0.3 is 0 Å². The Morgan fingerprint density at radius 1 is 0.304 bits per heavy atom. The zero-order valence-electron chi connectivity index (χ0n) is 25.1. The van der Waals surface area contributed by atoms with Crippen LogP contribution in [0.25, 0.3) is 87.7 Å². The zero-order chi connectivity index (χ0) is 30.2. The van der Waals surface area contributed by atoms with E-state index in [0.717, 1.165) is 5.69 Å². The molecule has 0 unspecified atom stereocenters. The van der Waals surface area contributed by atoms with E-state index in [1.807, 2.05) is 0 Å². The van der Waals surface area contributed by atoms with Gasteiger partial charge in [0.05, 0.1) is 22.1 Å². The maximum absolute atomic E-state index is 2.50. The Morgan fingerprint density at radius 2 is 0.913 bits per heavy atom. The number of fused-ring (bicyclic) bond motifs is 9. The van der Waals surface area contributed by atoms with Gasteiger partial charge in [0, 0.05) is 38.3 Å². The molecule has 46 heavy (non-hydrogen) atoms. The predicted molar refractivity (Wildman–Crippen MR) is 196 cm³/mol. The molecule has 2 heteroatoms. The van der Waals surface area contributed by atoms with Crippen LogP contribution in [0.2, 0.25) is 0 Å². The fourth-order valence-corrected chi connectivity index (χ4v) is 7.65. The molecule has 0 amide bonds. The van der Waals surface area contributed by atoms with E-state index in [-0.39, 0.29) is 0 Å². The largest absolute Gasteiger partial charge is 0.309 e. The lowest BCUT2D eigenvalue weighted by molar-refractivity contribution is 1.18. The third-order valence-corrected chi connectivity index (χ3v) is 9.66. The van der Waals surface area contributed by atoms with Crippen molar-refractivity contribution >= 4 is 65.2 Å². The number of aromatic nitrogens is 2. The van der Waals surface area contributed by atoms with Crippen LogP contribution in [0, 0.1) is 0 Å². The van der Waals surface area contributed by atoms with Crippen LogP contribution in [0.4, 0.5) is 0 Å². The Bertz CT molecular complexity index is 2790. The van der Waals surface area contributed by atoms with Crippen molar-refractivity contribution in [2.24, 2.45) is 0 Å². The molecule has 0 spiro atoms. The second-order valence-corrected chi connectivity index (χ2v) is 12.2. The van der Waals surface area contributed by atoms with Crippen LogP contribution >= 0.6 is 0 Å². The van der Waals surface area contributed by atoms with Gasteiger partial charge in [-0.05, 0) is 69.8 Å². The molecule has 2 aromatic heterocycles. The van der Waals surface area contributed by atoms with Crippen molar-refractivity contribution in [2.45, 2.75) is 0 Å². The summed E-state index contributed by atoms with van der Waals surface area (Å²) in [6.07, 6.45) is 0. The van der Waals surface area contributed by atoms with Crippen molar-refractivity contribution < 1.29 is 0 Å². The Labute approximate surface area is 266 Å². The molecule has 0 aliphatic heterocycles. The molecular formula is C44H28N2. The van der Waals surface area contributed by atoms with Crippen LogP contribution in [-0.2, 0) is 0 Å². The molecule has 0 saturated heterocycles. The molecule has 0 fully saturated rings. The molecule has 2 heterocycles. The smallest absolute Gasteiger partial charge is 0.0619 e. The fourth-order valence-electron chi connectivity index (χ4n) is 7.65. The molecule has 0 N–H and O–H groups in total. The molecule has 0 saturated carbocycles. The zero-order valence-corrected chi connectivity index (χ0v) is 25.1. The molecule has 0 atom stereocenters. The molecule has 0 bridgehead atoms. The third-order valence-electron chi connectivity index (χ3n) is 9.66. The van der Waals surface area contributed by atoms with Crippen LogP contribution < -0.4 is 0 Å². The van der Waals surface area contributed by atoms with Crippen molar-refractivity contribution in [2.75, 3.05) is 0 Å². The minimum absolute atomic E-state index is 1.16.